The van der Waals surface area contributed by atoms with Gasteiger partial charge in [-0.05, 0) is 29.7 Å². The highest BCUT2D eigenvalue weighted by Crippen LogP contribution is 2.34. The van der Waals surface area contributed by atoms with E-state index in [1.54, 1.807) is 22.7 Å². The van der Waals surface area contributed by atoms with E-state index >= 15 is 0 Å². The maximum absolute atomic E-state index is 12.1. The summed E-state index contributed by atoms with van der Waals surface area (Å²) in [4.78, 5) is 13.1. The van der Waals surface area contributed by atoms with Gasteiger partial charge in [-0.3, -0.25) is 4.79 Å². The molecule has 1 saturated heterocycles. The van der Waals surface area contributed by atoms with E-state index in [1.165, 1.54) is 9.40 Å². The number of carbonyl (C=O) groups excluding carboxylic acids is 1. The SMILES string of the molecule is O=C(c1cc2sccc2s1)C1CCSC1. The summed E-state index contributed by atoms with van der Waals surface area (Å²) < 4.78 is 2.52. The highest BCUT2D eigenvalue weighted by Gasteiger charge is 2.25. The van der Waals surface area contributed by atoms with E-state index in [1.807, 2.05) is 11.8 Å². The van der Waals surface area contributed by atoms with Crippen molar-refractivity contribution in [2.24, 2.45) is 5.92 Å². The van der Waals surface area contributed by atoms with Crippen molar-refractivity contribution in [3.8, 4) is 0 Å². The Labute approximate surface area is 100 Å². The quantitative estimate of drug-likeness (QED) is 0.756. The molecule has 3 heterocycles. The highest BCUT2D eigenvalue weighted by atomic mass is 32.2. The molecule has 2 aromatic heterocycles. The van der Waals surface area contributed by atoms with Gasteiger partial charge < -0.3 is 0 Å². The van der Waals surface area contributed by atoms with E-state index in [-0.39, 0.29) is 5.92 Å². The van der Waals surface area contributed by atoms with Crippen molar-refractivity contribution in [3.05, 3.63) is 22.4 Å². The van der Waals surface area contributed by atoms with Crippen molar-refractivity contribution >= 4 is 49.6 Å². The summed E-state index contributed by atoms with van der Waals surface area (Å²) >= 11 is 5.27. The van der Waals surface area contributed by atoms with E-state index < -0.39 is 0 Å². The van der Waals surface area contributed by atoms with Crippen LogP contribution in [0, 0.1) is 5.92 Å². The van der Waals surface area contributed by atoms with Crippen LogP contribution in [0.5, 0.6) is 0 Å². The molecule has 1 nitrogen and oxygen atoms in total. The maximum atomic E-state index is 12.1. The molecule has 0 aromatic carbocycles. The Morgan fingerprint density at radius 2 is 2.33 bits per heavy atom. The third kappa shape index (κ3) is 1.75. The number of fused-ring (bicyclic) bond motifs is 1. The third-order valence-corrected chi connectivity index (χ3v) is 5.95. The number of thiophene rings is 2. The van der Waals surface area contributed by atoms with Crippen molar-refractivity contribution in [3.63, 3.8) is 0 Å². The second-order valence-corrected chi connectivity index (χ2v) is 6.87. The summed E-state index contributed by atoms with van der Waals surface area (Å²) in [5.41, 5.74) is 0. The van der Waals surface area contributed by atoms with Crippen LogP contribution >= 0.6 is 34.4 Å². The summed E-state index contributed by atoms with van der Waals surface area (Å²) in [6.07, 6.45) is 1.06. The zero-order valence-corrected chi connectivity index (χ0v) is 10.5. The molecule has 4 heteroatoms. The Kier molecular flexibility index (Phi) is 2.58. The highest BCUT2D eigenvalue weighted by molar-refractivity contribution is 7.99. The minimum atomic E-state index is 0.280. The number of thioether (sulfide) groups is 1. The zero-order chi connectivity index (χ0) is 10.3. The summed E-state index contributed by atoms with van der Waals surface area (Å²) in [6, 6.07) is 4.17. The van der Waals surface area contributed by atoms with Gasteiger partial charge in [-0.15, -0.1) is 22.7 Å². The number of hydrogen-bond acceptors (Lipinski definition) is 4. The van der Waals surface area contributed by atoms with Gasteiger partial charge in [-0.25, -0.2) is 0 Å². The molecule has 1 unspecified atom stereocenters. The van der Waals surface area contributed by atoms with Gasteiger partial charge in [0.2, 0.25) is 0 Å². The average molecular weight is 254 g/mol. The van der Waals surface area contributed by atoms with Gasteiger partial charge in [-0.1, -0.05) is 0 Å². The molecule has 15 heavy (non-hydrogen) atoms. The molecule has 2 aromatic rings. The van der Waals surface area contributed by atoms with Crippen LogP contribution in [-0.2, 0) is 0 Å². The molecule has 0 saturated carbocycles. The van der Waals surface area contributed by atoms with Gasteiger partial charge in [0.05, 0.1) is 4.88 Å². The van der Waals surface area contributed by atoms with Crippen LogP contribution in [0.25, 0.3) is 9.40 Å². The lowest BCUT2D eigenvalue weighted by molar-refractivity contribution is 0.0938. The predicted octanol–water partition coefficient (Wildman–Crippen LogP) is 3.90. The largest absolute Gasteiger partial charge is 0.293 e. The van der Waals surface area contributed by atoms with Crippen LogP contribution in [0.1, 0.15) is 16.1 Å². The van der Waals surface area contributed by atoms with E-state index in [0.29, 0.717) is 5.78 Å². The van der Waals surface area contributed by atoms with Gasteiger partial charge >= 0.3 is 0 Å². The van der Waals surface area contributed by atoms with Gasteiger partial charge in [0.1, 0.15) is 0 Å². The minimum Gasteiger partial charge on any atom is -0.293 e. The van der Waals surface area contributed by atoms with Crippen LogP contribution in [0.3, 0.4) is 0 Å². The molecule has 78 valence electrons. The topological polar surface area (TPSA) is 17.1 Å². The molecule has 1 aliphatic rings. The zero-order valence-electron chi connectivity index (χ0n) is 8.06. The number of rotatable bonds is 2. The molecule has 0 N–H and O–H groups in total. The minimum absolute atomic E-state index is 0.280. The van der Waals surface area contributed by atoms with Crippen molar-refractivity contribution < 1.29 is 4.79 Å². The second-order valence-electron chi connectivity index (χ2n) is 3.68. The number of Topliss-reactive ketones (excluding diaryl/α,β-unsaturated/α-hetero) is 1. The number of hydrogen-bond donors (Lipinski definition) is 0. The average Bonchev–Trinajstić information content (AvgIpc) is 2.92. The van der Waals surface area contributed by atoms with E-state index in [0.717, 1.165) is 22.8 Å². The Balaban J connectivity index is 1.92. The van der Waals surface area contributed by atoms with Crippen LogP contribution in [-0.4, -0.2) is 17.3 Å². The van der Waals surface area contributed by atoms with E-state index in [9.17, 15) is 4.79 Å². The Morgan fingerprint density at radius 3 is 3.07 bits per heavy atom. The van der Waals surface area contributed by atoms with Gasteiger partial charge in [0.25, 0.3) is 0 Å². The smallest absolute Gasteiger partial charge is 0.176 e. The fourth-order valence-corrected chi connectivity index (χ4v) is 5.18. The fraction of sp³-hybridized carbons (Fsp3) is 0.364. The molecule has 0 amide bonds. The standard InChI is InChI=1S/C11H10OS3/c12-11(7-1-3-13-6-7)10-5-9-8(15-10)2-4-14-9/h2,4-5,7H,1,3,6H2. The summed E-state index contributed by atoms with van der Waals surface area (Å²) in [7, 11) is 0. The van der Waals surface area contributed by atoms with Crippen LogP contribution in [0.4, 0.5) is 0 Å². The first-order valence-corrected chi connectivity index (χ1v) is 7.78. The summed E-state index contributed by atoms with van der Waals surface area (Å²) in [6.45, 7) is 0. The normalized spacial score (nSPS) is 21.2. The summed E-state index contributed by atoms with van der Waals surface area (Å²) in [5.74, 6) is 2.82. The van der Waals surface area contributed by atoms with Crippen molar-refractivity contribution in [2.75, 3.05) is 11.5 Å². The Morgan fingerprint density at radius 1 is 1.40 bits per heavy atom. The molecular weight excluding hydrogens is 244 g/mol. The van der Waals surface area contributed by atoms with Gasteiger partial charge in [-0.2, -0.15) is 11.8 Å². The van der Waals surface area contributed by atoms with Crippen LogP contribution in [0.15, 0.2) is 17.5 Å². The monoisotopic (exact) mass is 254 g/mol. The molecule has 0 radical (unpaired) electrons. The molecule has 3 rings (SSSR count). The Bertz CT molecular complexity index is 462. The van der Waals surface area contributed by atoms with E-state index in [2.05, 4.69) is 17.5 Å². The molecule has 0 aliphatic carbocycles. The van der Waals surface area contributed by atoms with Crippen molar-refractivity contribution in [1.82, 2.24) is 0 Å². The summed E-state index contributed by atoms with van der Waals surface area (Å²) in [5, 5.41) is 2.08. The molecule has 0 bridgehead atoms. The van der Waals surface area contributed by atoms with Gasteiger partial charge in [0, 0.05) is 21.1 Å². The number of carbonyl (C=O) groups is 1. The number of ketones is 1. The molecule has 1 atom stereocenters. The lowest BCUT2D eigenvalue weighted by Gasteiger charge is -2.03. The first-order chi connectivity index (χ1) is 7.34. The molecule has 1 fully saturated rings. The van der Waals surface area contributed by atoms with Gasteiger partial charge in [0.15, 0.2) is 5.78 Å². The lowest BCUT2D eigenvalue weighted by Crippen LogP contribution is -2.12. The molecule has 0 spiro atoms. The fourth-order valence-electron chi connectivity index (χ4n) is 1.83. The van der Waals surface area contributed by atoms with Crippen LogP contribution in [0.2, 0.25) is 0 Å². The molecule has 1 aliphatic heterocycles. The maximum Gasteiger partial charge on any atom is 0.176 e. The first kappa shape index (κ1) is 9.87. The van der Waals surface area contributed by atoms with E-state index in [4.69, 9.17) is 0 Å². The second kappa shape index (κ2) is 3.92. The lowest BCUT2D eigenvalue weighted by atomic mass is 10.0. The van der Waals surface area contributed by atoms with Crippen molar-refractivity contribution in [2.45, 2.75) is 6.42 Å². The third-order valence-electron chi connectivity index (χ3n) is 2.68. The van der Waals surface area contributed by atoms with Crippen LogP contribution < -0.4 is 0 Å². The predicted molar refractivity (Wildman–Crippen MR) is 69.5 cm³/mol. The first-order valence-electron chi connectivity index (χ1n) is 4.93. The van der Waals surface area contributed by atoms with Crippen molar-refractivity contribution in [1.29, 1.82) is 0 Å². The molecular formula is C11H10OS3. The Hall–Kier alpha value is -0.320.